The monoisotopic (exact) mass is 532 g/mol. The van der Waals surface area contributed by atoms with Crippen LogP contribution in [0.15, 0.2) is 94.8 Å². The molecule has 0 bridgehead atoms. The second kappa shape index (κ2) is 12.9. The van der Waals surface area contributed by atoms with Crippen molar-refractivity contribution in [3.05, 3.63) is 107 Å². The zero-order chi connectivity index (χ0) is 27.1. The van der Waals surface area contributed by atoms with Crippen LogP contribution in [0.3, 0.4) is 0 Å². The van der Waals surface area contributed by atoms with E-state index in [4.69, 9.17) is 14.6 Å². The molecule has 0 radical (unpaired) electrons. The van der Waals surface area contributed by atoms with Crippen molar-refractivity contribution in [2.75, 3.05) is 5.32 Å². The van der Waals surface area contributed by atoms with Gasteiger partial charge in [0.05, 0.1) is 0 Å². The first kappa shape index (κ1) is 27.7. The number of carboxylic acids is 1. The average molecular weight is 533 g/mol. The number of rotatable bonds is 5. The Morgan fingerprint density at radius 1 is 1.03 bits per heavy atom. The van der Waals surface area contributed by atoms with Crippen molar-refractivity contribution in [3.8, 4) is 5.75 Å². The molecule has 0 saturated heterocycles. The number of nitrogens with one attached hydrogen (secondary N) is 1. The summed E-state index contributed by atoms with van der Waals surface area (Å²) in [7, 11) is 0. The Morgan fingerprint density at radius 3 is 2.32 bits per heavy atom. The van der Waals surface area contributed by atoms with Crippen molar-refractivity contribution in [1.29, 1.82) is 0 Å². The molecule has 0 atom stereocenters. The minimum Gasteiger partial charge on any atom is -0.0589 e. The van der Waals surface area contributed by atoms with Gasteiger partial charge in [-0.2, -0.15) is 0 Å². The van der Waals surface area contributed by atoms with Crippen LogP contribution in [0.2, 0.25) is 0 Å². The Kier molecular flexibility index (Phi) is 9.42. The third-order valence-corrected chi connectivity index (χ3v) is 7.17. The van der Waals surface area contributed by atoms with Gasteiger partial charge in [0.25, 0.3) is 5.97 Å². The number of aliphatic imine (C=N–C) groups is 1. The van der Waals surface area contributed by atoms with Crippen LogP contribution in [-0.2, 0) is 16.2 Å². The molecule has 8 heteroatoms. The van der Waals surface area contributed by atoms with Crippen molar-refractivity contribution in [2.45, 2.75) is 20.5 Å². The number of fused-ring (bicyclic) bond motifs is 1. The number of ether oxygens (including phenoxy) is 1. The Bertz CT molecular complexity index is 1530. The van der Waals surface area contributed by atoms with Crippen molar-refractivity contribution >= 4 is 82.1 Å². The molecule has 38 heavy (non-hydrogen) atoms. The number of amidine groups is 1. The zero-order valence-electron chi connectivity index (χ0n) is 21.4. The topological polar surface area (TPSA) is 88.0 Å². The first-order valence-corrected chi connectivity index (χ1v) is 13.9. The molecule has 4 aromatic carbocycles. The fourth-order valence-electron chi connectivity index (χ4n) is 3.68. The van der Waals surface area contributed by atoms with Crippen molar-refractivity contribution < 1.29 is 19.4 Å². The molecule has 4 aromatic rings. The van der Waals surface area contributed by atoms with Gasteiger partial charge in [-0.15, -0.1) is 0 Å². The molecular formula is C30H25N2NaO4S. The summed E-state index contributed by atoms with van der Waals surface area (Å²) in [5.41, 5.74) is 4.10. The molecule has 1 heterocycles. The van der Waals surface area contributed by atoms with Crippen molar-refractivity contribution in [3.63, 3.8) is 0 Å². The molecule has 1 aliphatic heterocycles. The van der Waals surface area contributed by atoms with Crippen LogP contribution in [0.25, 0.3) is 16.8 Å². The Balaban J connectivity index is 0.000000786. The number of carboxylic acid groups (broad SMARTS) is 1. The van der Waals surface area contributed by atoms with E-state index in [2.05, 4.69) is 71.8 Å². The van der Waals surface area contributed by atoms with Crippen LogP contribution >= 0.6 is 11.8 Å². The zero-order valence-corrected chi connectivity index (χ0v) is 24.2. The maximum absolute atomic E-state index is 12.7. The normalized spacial score (nSPS) is 13.6. The predicted molar refractivity (Wildman–Crippen MR) is 156 cm³/mol. The number of amides is 1. The van der Waals surface area contributed by atoms with Gasteiger partial charge in [0.15, 0.2) is 0 Å². The van der Waals surface area contributed by atoms with Gasteiger partial charge >= 0.3 is 143 Å². The fraction of sp³-hybridized carbons (Fsp3) is 0.100. The summed E-state index contributed by atoms with van der Waals surface area (Å²) in [5, 5.41) is 13.4. The van der Waals surface area contributed by atoms with E-state index < -0.39 is 5.97 Å². The number of hydrogen-bond acceptors (Lipinski definition) is 5. The number of aryl methyl sites for hydroxylation is 1. The second-order valence-corrected chi connectivity index (χ2v) is 11.0. The van der Waals surface area contributed by atoms with Gasteiger partial charge in [0.2, 0.25) is 0 Å². The molecule has 0 aliphatic carbocycles. The number of benzene rings is 4. The van der Waals surface area contributed by atoms with Gasteiger partial charge < -0.3 is 5.11 Å². The molecular weight excluding hydrogens is 507 g/mol. The van der Waals surface area contributed by atoms with Gasteiger partial charge in [-0.1, -0.05) is 54.1 Å². The van der Waals surface area contributed by atoms with Gasteiger partial charge in [-0.05, 0) is 17.9 Å². The smallest absolute Gasteiger partial charge is 0.0554 e. The molecule has 5 rings (SSSR count). The van der Waals surface area contributed by atoms with E-state index >= 15 is 0 Å². The second-order valence-electron chi connectivity index (χ2n) is 8.85. The first-order valence-electron chi connectivity index (χ1n) is 12.0. The maximum Gasteiger partial charge on any atom is -0.0554 e. The number of anilines is 1. The van der Waals surface area contributed by atoms with Crippen LogP contribution in [0.5, 0.6) is 5.75 Å². The number of carbonyl (C=O) groups excluding carboxylic acids is 1. The maximum atomic E-state index is 12.7. The average Bonchev–Trinajstić information content (AvgIpc) is 3.23. The Morgan fingerprint density at radius 2 is 1.66 bits per heavy atom. The van der Waals surface area contributed by atoms with E-state index in [0.29, 0.717) is 16.7 Å². The van der Waals surface area contributed by atoms with Gasteiger partial charge in [0.1, 0.15) is 6.61 Å². The molecule has 0 aromatic heterocycles. The number of carbonyl (C=O) groups is 2. The van der Waals surface area contributed by atoms with E-state index in [1.165, 1.54) is 20.1 Å². The Hall–Kier alpha value is -3.36. The summed E-state index contributed by atoms with van der Waals surface area (Å²) in [6.45, 7) is 3.61. The largest absolute Gasteiger partial charge is 0.0589 e. The molecule has 1 amide bonds. The third-order valence-electron chi connectivity index (χ3n) is 5.60. The molecule has 2 N–H and O–H groups in total. The molecule has 1 aliphatic rings. The number of nitrogens with zero attached hydrogens (tertiary/aromatic N) is 1. The molecule has 0 saturated carbocycles. The molecule has 6 nitrogen and oxygen atoms in total. The third kappa shape index (κ3) is 7.82. The molecule has 0 spiro atoms. The van der Waals surface area contributed by atoms with Gasteiger partial charge in [-0.3, -0.25) is 4.79 Å². The van der Waals surface area contributed by atoms with Crippen molar-refractivity contribution in [2.24, 2.45) is 4.99 Å². The van der Waals surface area contributed by atoms with Gasteiger partial charge in [-0.25, -0.2) is 0 Å². The number of aliphatic carboxylic acids is 1. The van der Waals surface area contributed by atoms with Crippen LogP contribution in [-0.4, -0.2) is 50.1 Å². The summed E-state index contributed by atoms with van der Waals surface area (Å²) in [6, 6.07) is 28.8. The van der Waals surface area contributed by atoms with E-state index in [-0.39, 0.29) is 5.91 Å². The first-order chi connectivity index (χ1) is 18.3. The van der Waals surface area contributed by atoms with Gasteiger partial charge in [0, 0.05) is 6.92 Å². The van der Waals surface area contributed by atoms with Crippen LogP contribution in [0.1, 0.15) is 23.6 Å². The van der Waals surface area contributed by atoms with Crippen LogP contribution in [0.4, 0.5) is 5.69 Å². The SMILES string of the molecule is CC(=O)O.Cc1ccc(COc2cc3ccccc3cc2C=C2SC(Nc3cc[c]([Na])cc3)=NC2=O)cc1. The summed E-state index contributed by atoms with van der Waals surface area (Å²) in [4.78, 5) is 26.4. The summed E-state index contributed by atoms with van der Waals surface area (Å²) in [6.07, 6.45) is 1.88. The van der Waals surface area contributed by atoms with E-state index in [0.717, 1.165) is 68.2 Å². The quantitative estimate of drug-likeness (QED) is 0.254. The predicted octanol–water partition coefficient (Wildman–Crippen LogP) is 5.69. The van der Waals surface area contributed by atoms with Crippen molar-refractivity contribution in [1.82, 2.24) is 0 Å². The standard InChI is InChI=1S/C28H21N2O2S.C2H4O2.Na/c1-19-11-13-20(14-12-19)18-32-25-16-22-8-6-5-7-21(22)15-23(25)17-26-27(31)30-28(33-26)29-24-9-3-2-4-10-24;1-2(3)4;/h3-17H,18H2,1H3,(H,29,30,31);1H3,(H,3,4);. The summed E-state index contributed by atoms with van der Waals surface area (Å²) in [5.74, 6) is -0.339. The number of thioether (sulfide) groups is 1. The summed E-state index contributed by atoms with van der Waals surface area (Å²) >= 11 is 2.36. The fourth-order valence-corrected chi connectivity index (χ4v) is 4.84. The summed E-state index contributed by atoms with van der Waals surface area (Å²) < 4.78 is 7.55. The minimum absolute atomic E-state index is 0.246. The molecule has 186 valence electrons. The van der Waals surface area contributed by atoms with Crippen LogP contribution < -0.4 is 12.9 Å². The number of hydrogen-bond donors (Lipinski definition) is 2. The van der Waals surface area contributed by atoms with E-state index in [1.807, 2.05) is 36.4 Å². The van der Waals surface area contributed by atoms with E-state index in [9.17, 15) is 4.79 Å². The van der Waals surface area contributed by atoms with Crippen LogP contribution in [0, 0.1) is 6.92 Å². The Labute approximate surface area is 243 Å². The molecule has 0 unspecified atom stereocenters. The van der Waals surface area contributed by atoms with E-state index in [1.54, 1.807) is 0 Å². The molecule has 0 fully saturated rings. The minimum atomic E-state index is -0.833.